The number of rotatable bonds is 6. The Bertz CT molecular complexity index is 698. The first-order valence-corrected chi connectivity index (χ1v) is 8.92. The Labute approximate surface area is 145 Å². The molecule has 1 aliphatic rings. The van der Waals surface area contributed by atoms with Gasteiger partial charge in [0.05, 0.1) is 25.0 Å². The van der Waals surface area contributed by atoms with Crippen molar-refractivity contribution >= 4 is 22.4 Å². The van der Waals surface area contributed by atoms with E-state index in [1.807, 2.05) is 11.6 Å². The van der Waals surface area contributed by atoms with Crippen LogP contribution in [0.25, 0.3) is 0 Å². The molecule has 0 spiro atoms. The molecule has 2 aromatic rings. The first kappa shape index (κ1) is 17.1. The molecule has 0 fully saturated rings. The van der Waals surface area contributed by atoms with Gasteiger partial charge in [0, 0.05) is 56.2 Å². The highest BCUT2D eigenvalue weighted by Gasteiger charge is 2.24. The van der Waals surface area contributed by atoms with Crippen molar-refractivity contribution in [2.24, 2.45) is 0 Å². The van der Waals surface area contributed by atoms with Gasteiger partial charge in [-0.25, -0.2) is 4.98 Å². The Morgan fingerprint density at radius 1 is 1.58 bits per heavy atom. The summed E-state index contributed by atoms with van der Waals surface area (Å²) in [7, 11) is 1.63. The third-order valence-electron chi connectivity index (χ3n) is 4.23. The van der Waals surface area contributed by atoms with Gasteiger partial charge in [-0.15, -0.1) is 11.3 Å². The molecule has 7 nitrogen and oxygen atoms in total. The van der Waals surface area contributed by atoms with Gasteiger partial charge >= 0.3 is 0 Å². The average Bonchev–Trinajstić information content (AvgIpc) is 3.17. The Balaban J connectivity index is 1.67. The number of nitrogens with zero attached hydrogens (tertiary/aromatic N) is 4. The summed E-state index contributed by atoms with van der Waals surface area (Å²) in [5, 5.41) is 10.0. The number of nitrogens with one attached hydrogen (secondary N) is 1. The molecule has 3 heterocycles. The molecule has 1 unspecified atom stereocenters. The predicted octanol–water partition coefficient (Wildman–Crippen LogP) is 1.98. The summed E-state index contributed by atoms with van der Waals surface area (Å²) in [6, 6.07) is 0. The van der Waals surface area contributed by atoms with Crippen LogP contribution in [0.1, 0.15) is 36.7 Å². The maximum atomic E-state index is 11.8. The van der Waals surface area contributed by atoms with Gasteiger partial charge in [0.25, 0.3) is 0 Å². The van der Waals surface area contributed by atoms with Crippen LogP contribution in [0.5, 0.6) is 0 Å². The van der Waals surface area contributed by atoms with Crippen molar-refractivity contribution in [3.63, 3.8) is 0 Å². The molecule has 3 rings (SSSR count). The van der Waals surface area contributed by atoms with E-state index in [0.29, 0.717) is 19.1 Å². The number of carbonyl (C=O) groups is 1. The molecular formula is C16H23N5O2S. The zero-order chi connectivity index (χ0) is 17.1. The number of hydrogen-bond donors (Lipinski definition) is 1. The number of H-pyrrole nitrogens is 1. The number of aromatic amines is 1. The van der Waals surface area contributed by atoms with Crippen molar-refractivity contribution in [3.8, 4) is 0 Å². The predicted molar refractivity (Wildman–Crippen MR) is 93.1 cm³/mol. The highest BCUT2D eigenvalue weighted by Crippen LogP contribution is 2.28. The van der Waals surface area contributed by atoms with Gasteiger partial charge in [-0.2, -0.15) is 5.10 Å². The van der Waals surface area contributed by atoms with Gasteiger partial charge < -0.3 is 4.74 Å². The molecule has 0 saturated carbocycles. The number of fused-ring (bicyclic) bond motifs is 1. The van der Waals surface area contributed by atoms with E-state index in [1.54, 1.807) is 18.9 Å². The lowest BCUT2D eigenvalue weighted by Crippen LogP contribution is -2.33. The fourth-order valence-corrected chi connectivity index (χ4v) is 3.96. The molecule has 0 saturated heterocycles. The lowest BCUT2D eigenvalue weighted by atomic mass is 9.98. The molecule has 1 aliphatic heterocycles. The third-order valence-corrected chi connectivity index (χ3v) is 5.14. The minimum absolute atomic E-state index is 0.0115. The Morgan fingerprint density at radius 2 is 2.42 bits per heavy atom. The minimum Gasteiger partial charge on any atom is -0.383 e. The van der Waals surface area contributed by atoms with E-state index < -0.39 is 0 Å². The maximum Gasteiger partial charge on any atom is 0.225 e. The molecule has 8 heteroatoms. The van der Waals surface area contributed by atoms with Crippen LogP contribution in [0.15, 0.2) is 11.6 Å². The number of anilines is 1. The zero-order valence-electron chi connectivity index (χ0n) is 14.3. The van der Waals surface area contributed by atoms with E-state index in [1.165, 1.54) is 22.6 Å². The quantitative estimate of drug-likeness (QED) is 0.863. The normalized spacial score (nSPS) is 17.7. The molecule has 130 valence electrons. The van der Waals surface area contributed by atoms with E-state index in [0.717, 1.165) is 30.5 Å². The second-order valence-electron chi connectivity index (χ2n) is 6.16. The maximum absolute atomic E-state index is 11.8. The van der Waals surface area contributed by atoms with Gasteiger partial charge in [0.15, 0.2) is 5.13 Å². The number of hydrogen-bond acceptors (Lipinski definition) is 6. The first-order chi connectivity index (χ1) is 11.6. The third kappa shape index (κ3) is 3.66. The number of aromatic nitrogens is 3. The lowest BCUT2D eigenvalue weighted by molar-refractivity contribution is -0.116. The molecule has 0 bridgehead atoms. The molecule has 0 aliphatic carbocycles. The average molecular weight is 349 g/mol. The number of carbonyl (C=O) groups excluding carboxylic acids is 1. The van der Waals surface area contributed by atoms with Crippen LogP contribution in [0.3, 0.4) is 0 Å². The SMILES string of the molecule is COCCN(C(C)=O)c1nc(CN2Cc3cn[nH]c3C(C)C2)cs1. The van der Waals surface area contributed by atoms with Crippen LogP contribution in [-0.2, 0) is 22.6 Å². The summed E-state index contributed by atoms with van der Waals surface area (Å²) >= 11 is 1.51. The molecule has 1 N–H and O–H groups in total. The van der Waals surface area contributed by atoms with Crippen molar-refractivity contribution < 1.29 is 9.53 Å². The molecule has 0 aromatic carbocycles. The van der Waals surface area contributed by atoms with Crippen LogP contribution in [0.2, 0.25) is 0 Å². The lowest BCUT2D eigenvalue weighted by Gasteiger charge is -2.29. The summed E-state index contributed by atoms with van der Waals surface area (Å²) in [6.07, 6.45) is 1.91. The van der Waals surface area contributed by atoms with Crippen LogP contribution in [-0.4, -0.2) is 52.8 Å². The van der Waals surface area contributed by atoms with Crippen molar-refractivity contribution in [2.75, 3.05) is 31.7 Å². The Hall–Kier alpha value is -1.77. The van der Waals surface area contributed by atoms with Gasteiger partial charge in [0.2, 0.25) is 5.91 Å². The summed E-state index contributed by atoms with van der Waals surface area (Å²) in [4.78, 5) is 20.5. The van der Waals surface area contributed by atoms with Crippen LogP contribution in [0, 0.1) is 0 Å². The van der Waals surface area contributed by atoms with Crippen LogP contribution < -0.4 is 4.90 Å². The Kier molecular flexibility index (Phi) is 5.27. The number of amides is 1. The largest absolute Gasteiger partial charge is 0.383 e. The van der Waals surface area contributed by atoms with E-state index in [-0.39, 0.29) is 5.91 Å². The molecule has 0 radical (unpaired) electrons. The number of ether oxygens (including phenoxy) is 1. The van der Waals surface area contributed by atoms with Crippen molar-refractivity contribution in [3.05, 3.63) is 28.5 Å². The van der Waals surface area contributed by atoms with Gasteiger partial charge in [-0.05, 0) is 0 Å². The fourth-order valence-electron chi connectivity index (χ4n) is 3.07. The summed E-state index contributed by atoms with van der Waals surface area (Å²) in [5.74, 6) is 0.423. The number of thiazole rings is 1. The van der Waals surface area contributed by atoms with E-state index in [2.05, 4.69) is 27.0 Å². The molecule has 2 aromatic heterocycles. The van der Waals surface area contributed by atoms with E-state index in [9.17, 15) is 4.79 Å². The highest BCUT2D eigenvalue weighted by atomic mass is 32.1. The fraction of sp³-hybridized carbons (Fsp3) is 0.562. The van der Waals surface area contributed by atoms with E-state index >= 15 is 0 Å². The summed E-state index contributed by atoms with van der Waals surface area (Å²) < 4.78 is 5.08. The number of methoxy groups -OCH3 is 1. The van der Waals surface area contributed by atoms with Crippen molar-refractivity contribution in [2.45, 2.75) is 32.9 Å². The smallest absolute Gasteiger partial charge is 0.225 e. The Morgan fingerprint density at radius 3 is 3.17 bits per heavy atom. The molecule has 1 atom stereocenters. The van der Waals surface area contributed by atoms with Crippen molar-refractivity contribution in [1.29, 1.82) is 0 Å². The highest BCUT2D eigenvalue weighted by molar-refractivity contribution is 7.14. The second-order valence-corrected chi connectivity index (χ2v) is 7.00. The second kappa shape index (κ2) is 7.42. The molecule has 1 amide bonds. The van der Waals surface area contributed by atoms with Gasteiger partial charge in [-0.1, -0.05) is 6.92 Å². The minimum atomic E-state index is -0.0115. The van der Waals surface area contributed by atoms with Crippen molar-refractivity contribution in [1.82, 2.24) is 20.1 Å². The van der Waals surface area contributed by atoms with E-state index in [4.69, 9.17) is 4.74 Å². The summed E-state index contributed by atoms with van der Waals surface area (Å²) in [5.41, 5.74) is 3.50. The standard InChI is InChI=1S/C16H23N5O2S/c1-11-7-20(8-13-6-17-19-15(11)13)9-14-10-24-16(18-14)21(12(2)22)4-5-23-3/h6,10-11H,4-5,7-9H2,1-3H3,(H,17,19). The monoisotopic (exact) mass is 349 g/mol. The van der Waals surface area contributed by atoms with Crippen LogP contribution in [0.4, 0.5) is 5.13 Å². The van der Waals surface area contributed by atoms with Crippen LogP contribution >= 0.6 is 11.3 Å². The molecule has 24 heavy (non-hydrogen) atoms. The topological polar surface area (TPSA) is 74.3 Å². The van der Waals surface area contributed by atoms with Gasteiger partial charge in [0.1, 0.15) is 0 Å². The van der Waals surface area contributed by atoms with Gasteiger partial charge in [-0.3, -0.25) is 19.7 Å². The zero-order valence-corrected chi connectivity index (χ0v) is 15.1. The summed E-state index contributed by atoms with van der Waals surface area (Å²) in [6.45, 7) is 7.42. The first-order valence-electron chi connectivity index (χ1n) is 8.04. The molecular weight excluding hydrogens is 326 g/mol.